The number of phenolic OH excluding ortho intramolecular Hbond substituents is 1. The molecule has 0 radical (unpaired) electrons. The zero-order valence-corrected chi connectivity index (χ0v) is 21.3. The lowest BCUT2D eigenvalue weighted by atomic mass is 9.68. The number of rotatable bonds is 8. The van der Waals surface area contributed by atoms with Crippen LogP contribution in [0.25, 0.3) is 0 Å². The smallest absolute Gasteiger partial charge is 0.239 e. The summed E-state index contributed by atoms with van der Waals surface area (Å²) >= 11 is 0. The van der Waals surface area contributed by atoms with Crippen molar-refractivity contribution < 1.29 is 14.7 Å². The fraction of sp³-hybridized carbons (Fsp3) is 0.692. The molecular weight excluding hydrogens is 438 g/mol. The number of carbonyl (C=O) groups excluding carboxylic acids is 2. The van der Waals surface area contributed by atoms with E-state index in [9.17, 15) is 14.7 Å². The van der Waals surface area contributed by atoms with E-state index in [1.165, 1.54) is 24.8 Å². The predicted molar refractivity (Wildman–Crippen MR) is 135 cm³/mol. The number of aromatic hydroxyl groups is 1. The number of benzene rings is 1. The normalized spacial score (nSPS) is 25.0. The Morgan fingerprint density at radius 1 is 1.24 bits per heavy atom. The average molecular weight is 480 g/mol. The van der Waals surface area contributed by atoms with Crippen LogP contribution in [0.2, 0.25) is 0 Å². The molecule has 0 bridgehead atoms. The summed E-state index contributed by atoms with van der Waals surface area (Å²) in [7, 11) is 1.59. The van der Waals surface area contributed by atoms with E-state index in [4.69, 9.17) is 0 Å². The number of likely N-dealkylation sites (N-methyl/N-ethyl adjacent to an activating group) is 1. The van der Waals surface area contributed by atoms with Crippen LogP contribution in [0.1, 0.15) is 64.4 Å². The van der Waals surface area contributed by atoms with E-state index in [-0.39, 0.29) is 42.1 Å². The average Bonchev–Trinajstić information content (AvgIpc) is 2.80. The Labute approximate surface area is 205 Å². The zero-order valence-electron chi connectivity index (χ0n) is 20.4. The minimum atomic E-state index is -0.156. The maximum absolute atomic E-state index is 13.0. The first-order chi connectivity index (χ1) is 15.3. The minimum Gasteiger partial charge on any atom is -0.508 e. The van der Waals surface area contributed by atoms with Gasteiger partial charge in [-0.3, -0.25) is 9.59 Å². The van der Waals surface area contributed by atoms with E-state index < -0.39 is 0 Å². The van der Waals surface area contributed by atoms with Crippen LogP contribution < -0.4 is 10.6 Å². The molecule has 1 aliphatic carbocycles. The highest BCUT2D eigenvalue weighted by atomic mass is 35.5. The Bertz CT molecular complexity index is 784. The van der Waals surface area contributed by atoms with Gasteiger partial charge in [-0.15, -0.1) is 12.4 Å². The van der Waals surface area contributed by atoms with Crippen LogP contribution in [0.15, 0.2) is 24.3 Å². The molecule has 1 saturated carbocycles. The second-order valence-electron chi connectivity index (χ2n) is 10.1. The molecule has 7 heteroatoms. The van der Waals surface area contributed by atoms with Crippen molar-refractivity contribution in [2.24, 2.45) is 17.8 Å². The largest absolute Gasteiger partial charge is 0.508 e. The Hall–Kier alpha value is -1.79. The van der Waals surface area contributed by atoms with Gasteiger partial charge in [0.05, 0.1) is 6.54 Å². The van der Waals surface area contributed by atoms with E-state index in [1.54, 1.807) is 13.1 Å². The van der Waals surface area contributed by atoms with Crippen LogP contribution in [0, 0.1) is 17.8 Å². The third kappa shape index (κ3) is 7.10. The zero-order chi connectivity index (χ0) is 23.1. The van der Waals surface area contributed by atoms with Crippen LogP contribution in [0.5, 0.6) is 5.75 Å². The number of amides is 2. The van der Waals surface area contributed by atoms with Crippen molar-refractivity contribution in [2.45, 2.75) is 64.2 Å². The van der Waals surface area contributed by atoms with Gasteiger partial charge >= 0.3 is 0 Å². The van der Waals surface area contributed by atoms with Crippen molar-refractivity contribution in [3.05, 3.63) is 29.8 Å². The SMILES string of the molecule is CNC(=O)CNC(=O)C(CCN1CCC(C)(c2cccc(O)c2)C(C)C1)C1CCCCC1.Cl. The number of hydrogen-bond acceptors (Lipinski definition) is 4. The van der Waals surface area contributed by atoms with Gasteiger partial charge in [-0.05, 0) is 73.7 Å². The van der Waals surface area contributed by atoms with Gasteiger partial charge in [-0.2, -0.15) is 0 Å². The van der Waals surface area contributed by atoms with Gasteiger partial charge < -0.3 is 20.6 Å². The first kappa shape index (κ1) is 27.5. The molecule has 3 N–H and O–H groups in total. The molecular formula is C26H42ClN3O3. The number of phenols is 1. The molecule has 1 aromatic rings. The number of hydrogen-bond donors (Lipinski definition) is 3. The maximum Gasteiger partial charge on any atom is 0.239 e. The molecule has 2 fully saturated rings. The van der Waals surface area contributed by atoms with Crippen molar-refractivity contribution in [3.63, 3.8) is 0 Å². The summed E-state index contributed by atoms with van der Waals surface area (Å²) in [4.78, 5) is 27.1. The molecule has 1 heterocycles. The summed E-state index contributed by atoms with van der Waals surface area (Å²) in [5.74, 6) is 1.07. The minimum absolute atomic E-state index is 0. The van der Waals surface area contributed by atoms with Crippen LogP contribution in [-0.2, 0) is 15.0 Å². The topological polar surface area (TPSA) is 81.7 Å². The molecule has 3 atom stereocenters. The molecule has 1 aliphatic heterocycles. The lowest BCUT2D eigenvalue weighted by Gasteiger charge is -2.45. The molecule has 2 amide bonds. The van der Waals surface area contributed by atoms with Gasteiger partial charge in [0.2, 0.25) is 11.8 Å². The number of likely N-dealkylation sites (tertiary alicyclic amines) is 1. The van der Waals surface area contributed by atoms with Crippen molar-refractivity contribution in [1.29, 1.82) is 0 Å². The Kier molecular flexibility index (Phi) is 10.5. The van der Waals surface area contributed by atoms with Crippen LogP contribution in [-0.4, -0.2) is 55.0 Å². The summed E-state index contributed by atoms with van der Waals surface area (Å²) in [6.45, 7) is 7.56. The van der Waals surface area contributed by atoms with Crippen LogP contribution in [0.4, 0.5) is 0 Å². The van der Waals surface area contributed by atoms with E-state index >= 15 is 0 Å². The fourth-order valence-corrected chi connectivity index (χ4v) is 5.64. The Morgan fingerprint density at radius 3 is 2.61 bits per heavy atom. The van der Waals surface area contributed by atoms with Crippen molar-refractivity contribution in [1.82, 2.24) is 15.5 Å². The highest BCUT2D eigenvalue weighted by Crippen LogP contribution is 2.40. The number of piperidine rings is 1. The van der Waals surface area contributed by atoms with Crippen LogP contribution in [0.3, 0.4) is 0 Å². The quantitative estimate of drug-likeness (QED) is 0.528. The lowest BCUT2D eigenvalue weighted by Crippen LogP contribution is -2.48. The Balaban J connectivity index is 0.00000385. The molecule has 6 nitrogen and oxygen atoms in total. The molecule has 3 rings (SSSR count). The van der Waals surface area contributed by atoms with Gasteiger partial charge in [0.15, 0.2) is 0 Å². The number of carbonyl (C=O) groups is 2. The lowest BCUT2D eigenvalue weighted by molar-refractivity contribution is -0.130. The molecule has 0 aromatic heterocycles. The maximum atomic E-state index is 13.0. The Morgan fingerprint density at radius 2 is 1.97 bits per heavy atom. The summed E-state index contributed by atoms with van der Waals surface area (Å²) < 4.78 is 0. The van der Waals surface area contributed by atoms with Gasteiger partial charge in [0, 0.05) is 19.5 Å². The summed E-state index contributed by atoms with van der Waals surface area (Å²) in [6, 6.07) is 7.69. The molecule has 33 heavy (non-hydrogen) atoms. The van der Waals surface area contributed by atoms with Gasteiger partial charge in [-0.1, -0.05) is 45.2 Å². The number of nitrogens with one attached hydrogen (secondary N) is 2. The predicted octanol–water partition coefficient (Wildman–Crippen LogP) is 3.86. The van der Waals surface area contributed by atoms with Gasteiger partial charge in [0.25, 0.3) is 0 Å². The van der Waals surface area contributed by atoms with Crippen molar-refractivity contribution in [2.75, 3.05) is 33.2 Å². The van der Waals surface area contributed by atoms with Gasteiger partial charge in [0.1, 0.15) is 5.75 Å². The molecule has 3 unspecified atom stereocenters. The monoisotopic (exact) mass is 479 g/mol. The first-order valence-electron chi connectivity index (χ1n) is 12.3. The van der Waals surface area contributed by atoms with E-state index in [1.807, 2.05) is 12.1 Å². The molecule has 1 aromatic carbocycles. The second-order valence-corrected chi connectivity index (χ2v) is 10.1. The summed E-state index contributed by atoms with van der Waals surface area (Å²) in [5, 5.41) is 15.4. The first-order valence-corrected chi connectivity index (χ1v) is 12.3. The molecule has 186 valence electrons. The second kappa shape index (κ2) is 12.6. The number of halogens is 1. The molecule has 0 spiro atoms. The summed E-state index contributed by atoms with van der Waals surface area (Å²) in [6.07, 6.45) is 7.78. The highest BCUT2D eigenvalue weighted by Gasteiger charge is 2.38. The standard InChI is InChI=1S/C26H41N3O3.ClH/c1-19-18-29(15-13-26(19,2)21-10-7-11-22(30)16-21)14-12-23(20-8-5-4-6-9-20)25(32)28-17-24(31)27-3;/h7,10-11,16,19-20,23,30H,4-6,8-9,12-15,17-18H2,1-3H3,(H,27,31)(H,28,32);1H. The fourth-order valence-electron chi connectivity index (χ4n) is 5.64. The highest BCUT2D eigenvalue weighted by molar-refractivity contribution is 5.86. The molecule has 1 saturated heterocycles. The van der Waals surface area contributed by atoms with E-state index in [0.29, 0.717) is 17.6 Å². The van der Waals surface area contributed by atoms with Crippen molar-refractivity contribution in [3.8, 4) is 5.75 Å². The third-order valence-corrected chi connectivity index (χ3v) is 8.09. The van der Waals surface area contributed by atoms with Crippen LogP contribution >= 0.6 is 12.4 Å². The van der Waals surface area contributed by atoms with Crippen molar-refractivity contribution >= 4 is 24.2 Å². The van der Waals surface area contributed by atoms with Gasteiger partial charge in [-0.25, -0.2) is 0 Å². The number of nitrogens with zero attached hydrogens (tertiary/aromatic N) is 1. The molecule has 2 aliphatic rings. The van der Waals surface area contributed by atoms with E-state index in [0.717, 1.165) is 45.3 Å². The summed E-state index contributed by atoms with van der Waals surface area (Å²) in [5.41, 5.74) is 1.25. The van der Waals surface area contributed by atoms with E-state index in [2.05, 4.69) is 35.4 Å². The third-order valence-electron chi connectivity index (χ3n) is 8.09.